The van der Waals surface area contributed by atoms with Crippen molar-refractivity contribution in [3.05, 3.63) is 62.3 Å². The lowest BCUT2D eigenvalue weighted by molar-refractivity contribution is 0.0991. The van der Waals surface area contributed by atoms with Crippen LogP contribution in [0.2, 0.25) is 0 Å². The van der Waals surface area contributed by atoms with Crippen molar-refractivity contribution in [2.24, 2.45) is 0 Å². The van der Waals surface area contributed by atoms with Gasteiger partial charge >= 0.3 is 0 Å². The van der Waals surface area contributed by atoms with Gasteiger partial charge in [-0.3, -0.25) is 4.79 Å². The average Bonchev–Trinajstić information content (AvgIpc) is 2.41. The summed E-state index contributed by atoms with van der Waals surface area (Å²) in [4.78, 5) is 12.2. The molecule has 0 aliphatic heterocycles. The van der Waals surface area contributed by atoms with Crippen molar-refractivity contribution in [1.29, 1.82) is 0 Å². The number of hydrogen-bond acceptors (Lipinski definition) is 2. The average molecular weight is 402 g/mol. The van der Waals surface area contributed by atoms with Crippen LogP contribution in [0, 0.1) is 5.82 Å². The summed E-state index contributed by atoms with van der Waals surface area (Å²) in [5.74, 6) is -0.502. The fourth-order valence-corrected chi connectivity index (χ4v) is 3.10. The monoisotopic (exact) mass is 400 g/mol. The zero-order chi connectivity index (χ0) is 14.7. The van der Waals surface area contributed by atoms with Crippen LogP contribution in [0.5, 0.6) is 5.75 Å². The molecule has 0 aromatic heterocycles. The molecule has 20 heavy (non-hydrogen) atoms. The molecule has 0 aliphatic carbocycles. The minimum atomic E-state index is -0.489. The molecule has 0 heterocycles. The second-order valence-corrected chi connectivity index (χ2v) is 5.93. The Hall–Kier alpha value is -1.20. The fourth-order valence-electron chi connectivity index (χ4n) is 1.83. The zero-order valence-corrected chi connectivity index (χ0v) is 13.8. The summed E-state index contributed by atoms with van der Waals surface area (Å²) in [6.45, 7) is 0. The van der Waals surface area contributed by atoms with Gasteiger partial charge < -0.3 is 4.74 Å². The number of ether oxygens (including phenoxy) is 1. The Bertz CT molecular complexity index is 656. The van der Waals surface area contributed by atoms with Gasteiger partial charge in [-0.1, -0.05) is 44.0 Å². The van der Waals surface area contributed by atoms with Gasteiger partial charge in [0.1, 0.15) is 0 Å². The molecule has 0 bridgehead atoms. The highest BCUT2D eigenvalue weighted by molar-refractivity contribution is 9.11. The predicted octanol–water partition coefficient (Wildman–Crippen LogP) is 4.78. The molecule has 0 unspecified atom stereocenters. The number of carbonyl (C=O) groups is 1. The van der Waals surface area contributed by atoms with Crippen molar-refractivity contribution in [3.63, 3.8) is 0 Å². The maximum atomic E-state index is 14.0. The molecule has 0 saturated carbocycles. The number of carbonyl (C=O) groups excluding carboxylic acids is 1. The van der Waals surface area contributed by atoms with Crippen LogP contribution in [0.15, 0.2) is 45.3 Å². The number of benzene rings is 2. The molecule has 104 valence electrons. The Labute approximate surface area is 133 Å². The van der Waals surface area contributed by atoms with E-state index < -0.39 is 5.82 Å². The van der Waals surface area contributed by atoms with E-state index in [0.29, 0.717) is 15.6 Å². The van der Waals surface area contributed by atoms with Crippen molar-refractivity contribution in [1.82, 2.24) is 0 Å². The third-order valence-corrected chi connectivity index (χ3v) is 4.00. The number of hydrogen-bond donors (Lipinski definition) is 0. The summed E-state index contributed by atoms with van der Waals surface area (Å²) < 4.78 is 20.5. The van der Waals surface area contributed by atoms with Gasteiger partial charge in [0, 0.05) is 20.9 Å². The Morgan fingerprint density at radius 1 is 1.25 bits per heavy atom. The Balaban J connectivity index is 2.28. The van der Waals surface area contributed by atoms with Crippen molar-refractivity contribution < 1.29 is 13.9 Å². The summed E-state index contributed by atoms with van der Waals surface area (Å²) in [7, 11) is 1.40. The lowest BCUT2D eigenvalue weighted by Gasteiger charge is -2.08. The molecule has 0 spiro atoms. The van der Waals surface area contributed by atoms with Crippen LogP contribution in [0.3, 0.4) is 0 Å². The van der Waals surface area contributed by atoms with Crippen molar-refractivity contribution in [2.75, 3.05) is 7.11 Å². The van der Waals surface area contributed by atoms with E-state index in [1.54, 1.807) is 30.3 Å². The summed E-state index contributed by atoms with van der Waals surface area (Å²) in [6.07, 6.45) is -0.0106. The number of methoxy groups -OCH3 is 1. The van der Waals surface area contributed by atoms with E-state index in [1.807, 2.05) is 0 Å². The minimum Gasteiger partial charge on any atom is -0.494 e. The topological polar surface area (TPSA) is 26.3 Å². The van der Waals surface area contributed by atoms with Crippen molar-refractivity contribution in [3.8, 4) is 5.75 Å². The van der Waals surface area contributed by atoms with Gasteiger partial charge in [0.15, 0.2) is 17.3 Å². The van der Waals surface area contributed by atoms with Gasteiger partial charge in [-0.05, 0) is 29.8 Å². The standard InChI is InChI=1S/C15H11Br2FO2/c1-20-14-4-2-3-9(15(14)18)7-13(19)11-6-5-10(16)8-12(11)17/h2-6,8H,7H2,1H3. The largest absolute Gasteiger partial charge is 0.494 e. The zero-order valence-electron chi connectivity index (χ0n) is 10.6. The van der Waals surface area contributed by atoms with Crippen molar-refractivity contribution in [2.45, 2.75) is 6.42 Å². The van der Waals surface area contributed by atoms with Crippen LogP contribution in [-0.2, 0) is 6.42 Å². The highest BCUT2D eigenvalue weighted by atomic mass is 79.9. The molecule has 2 aromatic carbocycles. The molecule has 2 nitrogen and oxygen atoms in total. The molecular weight excluding hydrogens is 391 g/mol. The smallest absolute Gasteiger partial charge is 0.168 e. The van der Waals surface area contributed by atoms with E-state index >= 15 is 0 Å². The van der Waals surface area contributed by atoms with Crippen LogP contribution in [-0.4, -0.2) is 12.9 Å². The first-order valence-electron chi connectivity index (χ1n) is 5.82. The van der Waals surface area contributed by atoms with E-state index in [1.165, 1.54) is 13.2 Å². The maximum Gasteiger partial charge on any atom is 0.168 e. The molecule has 0 aliphatic rings. The first-order chi connectivity index (χ1) is 9.52. The van der Waals surface area contributed by atoms with E-state index in [2.05, 4.69) is 31.9 Å². The lowest BCUT2D eigenvalue weighted by atomic mass is 10.0. The normalized spacial score (nSPS) is 10.4. The third kappa shape index (κ3) is 3.27. The van der Waals surface area contributed by atoms with Gasteiger partial charge in [-0.15, -0.1) is 0 Å². The number of Topliss-reactive ketones (excluding diaryl/α,β-unsaturated/α-hetero) is 1. The molecule has 0 saturated heterocycles. The van der Waals surface area contributed by atoms with Gasteiger partial charge in [0.05, 0.1) is 7.11 Å². The first kappa shape index (κ1) is 15.2. The van der Waals surface area contributed by atoms with Crippen LogP contribution >= 0.6 is 31.9 Å². The summed E-state index contributed by atoms with van der Waals surface area (Å²) in [6, 6.07) is 10.0. The second-order valence-electron chi connectivity index (χ2n) is 4.16. The lowest BCUT2D eigenvalue weighted by Crippen LogP contribution is -2.06. The molecule has 2 aromatic rings. The molecule has 0 N–H and O–H groups in total. The Morgan fingerprint density at radius 3 is 2.65 bits per heavy atom. The summed E-state index contributed by atoms with van der Waals surface area (Å²) in [5.41, 5.74) is 0.847. The molecular formula is C15H11Br2FO2. The fraction of sp³-hybridized carbons (Fsp3) is 0.133. The second kappa shape index (κ2) is 6.50. The van der Waals surface area contributed by atoms with E-state index in [-0.39, 0.29) is 18.0 Å². The molecule has 0 amide bonds. The number of ketones is 1. The summed E-state index contributed by atoms with van der Waals surface area (Å²) in [5, 5.41) is 0. The molecule has 2 rings (SSSR count). The van der Waals surface area contributed by atoms with Crippen LogP contribution in [0.4, 0.5) is 4.39 Å². The molecule has 5 heteroatoms. The first-order valence-corrected chi connectivity index (χ1v) is 7.41. The Morgan fingerprint density at radius 2 is 2.00 bits per heavy atom. The Kier molecular flexibility index (Phi) is 4.94. The quantitative estimate of drug-likeness (QED) is 0.688. The molecule has 0 atom stereocenters. The molecule has 0 fully saturated rings. The maximum absolute atomic E-state index is 14.0. The van der Waals surface area contributed by atoms with E-state index in [4.69, 9.17) is 4.74 Å². The predicted molar refractivity (Wildman–Crippen MR) is 82.8 cm³/mol. The highest BCUT2D eigenvalue weighted by Gasteiger charge is 2.15. The van der Waals surface area contributed by atoms with Gasteiger partial charge in [-0.2, -0.15) is 0 Å². The third-order valence-electron chi connectivity index (χ3n) is 2.85. The van der Waals surface area contributed by atoms with Gasteiger partial charge in [0.25, 0.3) is 0 Å². The summed E-state index contributed by atoms with van der Waals surface area (Å²) >= 11 is 6.66. The molecule has 0 radical (unpaired) electrons. The van der Waals surface area contributed by atoms with E-state index in [0.717, 1.165) is 4.47 Å². The SMILES string of the molecule is COc1cccc(CC(=O)c2ccc(Br)cc2Br)c1F. The number of halogens is 3. The van der Waals surface area contributed by atoms with Crippen LogP contribution < -0.4 is 4.74 Å². The van der Waals surface area contributed by atoms with Crippen molar-refractivity contribution >= 4 is 37.6 Å². The van der Waals surface area contributed by atoms with Gasteiger partial charge in [-0.25, -0.2) is 4.39 Å². The van der Waals surface area contributed by atoms with E-state index in [9.17, 15) is 9.18 Å². The van der Waals surface area contributed by atoms with Gasteiger partial charge in [0.2, 0.25) is 0 Å². The van der Waals surface area contributed by atoms with Crippen LogP contribution in [0.25, 0.3) is 0 Å². The number of rotatable bonds is 4. The highest BCUT2D eigenvalue weighted by Crippen LogP contribution is 2.25. The minimum absolute atomic E-state index is 0.0106. The van der Waals surface area contributed by atoms with Crippen LogP contribution in [0.1, 0.15) is 15.9 Å².